The van der Waals surface area contributed by atoms with Crippen LogP contribution in [0.5, 0.6) is 17.2 Å². The van der Waals surface area contributed by atoms with Crippen LogP contribution in [0.3, 0.4) is 0 Å². The highest BCUT2D eigenvalue weighted by Gasteiger charge is 2.08. The topological polar surface area (TPSA) is 91.2 Å². The van der Waals surface area contributed by atoms with Gasteiger partial charge >= 0.3 is 0 Å². The number of phenols is 2. The van der Waals surface area contributed by atoms with E-state index in [1.165, 1.54) is 18.3 Å². The molecule has 3 N–H and O–H groups in total. The van der Waals surface area contributed by atoms with Gasteiger partial charge in [0.2, 0.25) is 0 Å². The van der Waals surface area contributed by atoms with Crippen LogP contribution in [-0.4, -0.2) is 22.3 Å². The molecule has 1 amide bonds. The van der Waals surface area contributed by atoms with Crippen LogP contribution in [0.15, 0.2) is 71.8 Å². The zero-order valence-corrected chi connectivity index (χ0v) is 15.4. The molecule has 0 saturated heterocycles. The Morgan fingerprint density at radius 1 is 1.04 bits per heavy atom. The molecule has 28 heavy (non-hydrogen) atoms. The Labute approximate surface area is 166 Å². The summed E-state index contributed by atoms with van der Waals surface area (Å²) in [6.07, 6.45) is 1.45. The van der Waals surface area contributed by atoms with Gasteiger partial charge in [-0.05, 0) is 30.3 Å². The van der Waals surface area contributed by atoms with E-state index in [0.717, 1.165) is 11.6 Å². The number of hydrazone groups is 1. The largest absolute Gasteiger partial charge is 0.508 e. The summed E-state index contributed by atoms with van der Waals surface area (Å²) in [4.78, 5) is 12.1. The number of para-hydroxylation sites is 1. The maximum atomic E-state index is 12.1. The van der Waals surface area contributed by atoms with E-state index in [1.54, 1.807) is 18.2 Å². The van der Waals surface area contributed by atoms with Crippen LogP contribution in [0.4, 0.5) is 0 Å². The zero-order chi connectivity index (χ0) is 19.9. The molecule has 0 spiro atoms. The molecule has 3 aromatic rings. The van der Waals surface area contributed by atoms with Crippen molar-refractivity contribution in [2.75, 3.05) is 0 Å². The van der Waals surface area contributed by atoms with Crippen molar-refractivity contribution in [3.8, 4) is 17.2 Å². The molecule has 0 aliphatic carbocycles. The van der Waals surface area contributed by atoms with Gasteiger partial charge in [0.15, 0.2) is 0 Å². The summed E-state index contributed by atoms with van der Waals surface area (Å²) in [6.45, 7) is 0.291. The van der Waals surface area contributed by atoms with Crippen molar-refractivity contribution in [1.29, 1.82) is 0 Å². The highest BCUT2D eigenvalue weighted by Crippen LogP contribution is 2.22. The molecule has 3 rings (SSSR count). The van der Waals surface area contributed by atoms with Crippen LogP contribution in [0.1, 0.15) is 21.5 Å². The van der Waals surface area contributed by atoms with E-state index in [1.807, 2.05) is 30.3 Å². The van der Waals surface area contributed by atoms with Gasteiger partial charge in [0.05, 0.1) is 6.21 Å². The molecule has 0 fully saturated rings. The predicted octanol–water partition coefficient (Wildman–Crippen LogP) is 4.09. The van der Waals surface area contributed by atoms with E-state index in [4.69, 9.17) is 16.3 Å². The fourth-order valence-electron chi connectivity index (χ4n) is 2.44. The molecule has 0 unspecified atom stereocenters. The third kappa shape index (κ3) is 5.02. The minimum absolute atomic E-state index is 0.0814. The number of hydrogen-bond donors (Lipinski definition) is 3. The normalized spacial score (nSPS) is 10.8. The third-order valence-electron chi connectivity index (χ3n) is 3.79. The fourth-order valence-corrected chi connectivity index (χ4v) is 2.63. The van der Waals surface area contributed by atoms with E-state index in [0.29, 0.717) is 22.9 Å². The first-order valence-electron chi connectivity index (χ1n) is 8.34. The Bertz CT molecular complexity index is 1000. The number of nitrogens with zero attached hydrogens (tertiary/aromatic N) is 1. The second kappa shape index (κ2) is 8.92. The van der Waals surface area contributed by atoms with E-state index in [2.05, 4.69) is 10.5 Å². The van der Waals surface area contributed by atoms with Gasteiger partial charge in [0.1, 0.15) is 23.9 Å². The molecular weight excluding hydrogens is 380 g/mol. The van der Waals surface area contributed by atoms with Gasteiger partial charge in [-0.2, -0.15) is 5.10 Å². The van der Waals surface area contributed by atoms with Crippen LogP contribution >= 0.6 is 11.6 Å². The molecular formula is C21H17ClN2O4. The lowest BCUT2D eigenvalue weighted by Crippen LogP contribution is -2.17. The average Bonchev–Trinajstić information content (AvgIpc) is 2.67. The number of rotatable bonds is 6. The van der Waals surface area contributed by atoms with Crippen molar-refractivity contribution >= 4 is 23.7 Å². The van der Waals surface area contributed by atoms with Crippen LogP contribution in [0.2, 0.25) is 5.02 Å². The number of ether oxygens (including phenoxy) is 1. The van der Waals surface area contributed by atoms with Gasteiger partial charge in [-0.15, -0.1) is 0 Å². The molecule has 3 aromatic carbocycles. The number of carbonyl (C=O) groups is 1. The predicted molar refractivity (Wildman–Crippen MR) is 107 cm³/mol. The monoisotopic (exact) mass is 396 g/mol. The number of aromatic hydroxyl groups is 2. The smallest absolute Gasteiger partial charge is 0.271 e. The molecule has 0 bridgehead atoms. The van der Waals surface area contributed by atoms with Crippen LogP contribution in [0, 0.1) is 0 Å². The Balaban J connectivity index is 1.67. The Morgan fingerprint density at radius 2 is 1.71 bits per heavy atom. The minimum atomic E-state index is -0.572. The number of carbonyl (C=O) groups excluding carboxylic acids is 1. The molecule has 0 atom stereocenters. The van der Waals surface area contributed by atoms with Gasteiger partial charge in [-0.25, -0.2) is 5.43 Å². The number of phenolic OH excluding ortho intramolecular Hbond substituents is 2. The third-order valence-corrected chi connectivity index (χ3v) is 4.16. The van der Waals surface area contributed by atoms with Gasteiger partial charge in [0.25, 0.3) is 5.91 Å². The molecule has 0 aromatic heterocycles. The Kier molecular flexibility index (Phi) is 6.14. The van der Waals surface area contributed by atoms with Crippen molar-refractivity contribution in [2.45, 2.75) is 6.61 Å². The lowest BCUT2D eigenvalue weighted by Gasteiger charge is -2.10. The summed E-state index contributed by atoms with van der Waals surface area (Å²) in [7, 11) is 0. The summed E-state index contributed by atoms with van der Waals surface area (Å²) < 4.78 is 5.82. The standard InChI is InChI=1S/C21H17ClN2O4/c22-19-7-3-1-6-15(19)13-28-20-8-4-2-5-14(20)12-23-24-21(27)16-9-17(25)11-18(26)10-16/h1-12,25-26H,13H2,(H,24,27). The first-order chi connectivity index (χ1) is 13.5. The van der Waals surface area contributed by atoms with Crippen molar-refractivity contribution in [3.63, 3.8) is 0 Å². The van der Waals surface area contributed by atoms with E-state index in [9.17, 15) is 15.0 Å². The second-order valence-corrected chi connectivity index (χ2v) is 6.26. The van der Waals surface area contributed by atoms with Crippen LogP contribution in [-0.2, 0) is 6.61 Å². The lowest BCUT2D eigenvalue weighted by atomic mass is 10.2. The lowest BCUT2D eigenvalue weighted by molar-refractivity contribution is 0.0954. The first kappa shape index (κ1) is 19.3. The number of halogens is 1. The second-order valence-electron chi connectivity index (χ2n) is 5.86. The summed E-state index contributed by atoms with van der Waals surface area (Å²) in [5.74, 6) is -0.424. The van der Waals surface area contributed by atoms with E-state index in [-0.39, 0.29) is 17.1 Å². The number of benzene rings is 3. The molecule has 0 radical (unpaired) electrons. The van der Waals surface area contributed by atoms with E-state index < -0.39 is 5.91 Å². The summed E-state index contributed by atoms with van der Waals surface area (Å²) in [5, 5.41) is 23.4. The molecule has 0 aliphatic heterocycles. The van der Waals surface area contributed by atoms with Gasteiger partial charge < -0.3 is 14.9 Å². The Morgan fingerprint density at radius 3 is 2.46 bits per heavy atom. The minimum Gasteiger partial charge on any atom is -0.508 e. The molecule has 7 heteroatoms. The highest BCUT2D eigenvalue weighted by atomic mass is 35.5. The van der Waals surface area contributed by atoms with Crippen molar-refractivity contribution in [2.24, 2.45) is 5.10 Å². The van der Waals surface area contributed by atoms with E-state index >= 15 is 0 Å². The summed E-state index contributed by atoms with van der Waals surface area (Å²) in [6, 6.07) is 18.2. The Hall–Kier alpha value is -3.51. The van der Waals surface area contributed by atoms with Crippen molar-refractivity contribution < 1.29 is 19.7 Å². The molecule has 0 heterocycles. The number of nitrogens with one attached hydrogen (secondary N) is 1. The molecule has 142 valence electrons. The number of amides is 1. The van der Waals surface area contributed by atoms with Crippen molar-refractivity contribution in [3.05, 3.63) is 88.4 Å². The van der Waals surface area contributed by atoms with Crippen LogP contribution < -0.4 is 10.2 Å². The maximum absolute atomic E-state index is 12.1. The SMILES string of the molecule is O=C(NN=Cc1ccccc1OCc1ccccc1Cl)c1cc(O)cc(O)c1. The molecule has 6 nitrogen and oxygen atoms in total. The summed E-state index contributed by atoms with van der Waals surface area (Å²) in [5.41, 5.74) is 3.94. The van der Waals surface area contributed by atoms with Gasteiger partial charge in [-0.1, -0.05) is 41.9 Å². The van der Waals surface area contributed by atoms with Crippen LogP contribution in [0.25, 0.3) is 0 Å². The molecule has 0 aliphatic rings. The number of hydrogen-bond acceptors (Lipinski definition) is 5. The van der Waals surface area contributed by atoms with Gasteiger partial charge in [-0.3, -0.25) is 4.79 Å². The summed E-state index contributed by atoms with van der Waals surface area (Å²) >= 11 is 6.14. The molecule has 0 saturated carbocycles. The first-order valence-corrected chi connectivity index (χ1v) is 8.72. The maximum Gasteiger partial charge on any atom is 0.271 e. The van der Waals surface area contributed by atoms with Gasteiger partial charge in [0, 0.05) is 27.8 Å². The zero-order valence-electron chi connectivity index (χ0n) is 14.7. The quantitative estimate of drug-likeness (QED) is 0.432. The highest BCUT2D eigenvalue weighted by molar-refractivity contribution is 6.31. The fraction of sp³-hybridized carbons (Fsp3) is 0.0476. The van der Waals surface area contributed by atoms with Crippen molar-refractivity contribution in [1.82, 2.24) is 5.43 Å². The average molecular weight is 397 g/mol.